The van der Waals surface area contributed by atoms with Crippen LogP contribution in [-0.4, -0.2) is 39.8 Å². The number of nitrogens with zero attached hydrogens (tertiary/aromatic N) is 3. The van der Waals surface area contributed by atoms with Crippen LogP contribution >= 0.6 is 11.8 Å². The molecule has 1 aliphatic heterocycles. The van der Waals surface area contributed by atoms with Crippen molar-refractivity contribution in [2.45, 2.75) is 30.7 Å². The molecule has 144 valence electrons. The first-order chi connectivity index (χ1) is 13.7. The first kappa shape index (κ1) is 18.9. The molecule has 0 atom stereocenters. The fraction of sp³-hybridized carbons (Fsp3) is 0.318. The average Bonchev–Trinajstić information content (AvgIpc) is 3.02. The number of carbonyl (C=O) groups is 1. The molecule has 1 amide bonds. The number of thioether (sulfide) groups is 1. The minimum atomic E-state index is -0.278. The lowest BCUT2D eigenvalue weighted by Crippen LogP contribution is -2.33. The number of carbonyl (C=O) groups excluding carboxylic acids is 1. The van der Waals surface area contributed by atoms with Crippen LogP contribution in [0.4, 0.5) is 4.39 Å². The summed E-state index contributed by atoms with van der Waals surface area (Å²) >= 11 is 1.44. The number of rotatable bonds is 4. The minimum absolute atomic E-state index is 0.167. The number of hydrogen-bond acceptors (Lipinski definition) is 4. The molecule has 3 aromatic rings. The van der Waals surface area contributed by atoms with Gasteiger partial charge in [0.1, 0.15) is 16.5 Å². The summed E-state index contributed by atoms with van der Waals surface area (Å²) in [6, 6.07) is 14.2. The van der Waals surface area contributed by atoms with Gasteiger partial charge < -0.3 is 4.90 Å². The van der Waals surface area contributed by atoms with Crippen LogP contribution in [0, 0.1) is 5.82 Å². The molecule has 2 heterocycles. The number of likely N-dealkylation sites (tertiary alicyclic amines) is 1. The van der Waals surface area contributed by atoms with Gasteiger partial charge >= 0.3 is 0 Å². The smallest absolute Gasteiger partial charge is 0.232 e. The molecule has 0 unspecified atom stereocenters. The van der Waals surface area contributed by atoms with Gasteiger partial charge in [-0.15, -0.1) is 10.2 Å². The Balaban J connectivity index is 1.57. The molecule has 1 saturated heterocycles. The van der Waals surface area contributed by atoms with Crippen molar-refractivity contribution in [3.63, 3.8) is 0 Å². The van der Waals surface area contributed by atoms with Gasteiger partial charge in [0.2, 0.25) is 5.91 Å². The van der Waals surface area contributed by atoms with Crippen LogP contribution < -0.4 is 0 Å². The summed E-state index contributed by atoms with van der Waals surface area (Å²) < 4.78 is 13.3. The largest absolute Gasteiger partial charge is 0.342 e. The van der Waals surface area contributed by atoms with Gasteiger partial charge in [0.05, 0.1) is 5.75 Å². The van der Waals surface area contributed by atoms with Crippen molar-refractivity contribution in [2.24, 2.45) is 0 Å². The van der Waals surface area contributed by atoms with Gasteiger partial charge in [0.25, 0.3) is 0 Å². The third kappa shape index (κ3) is 4.17. The second-order valence-corrected chi connectivity index (χ2v) is 7.95. The highest BCUT2D eigenvalue weighted by atomic mass is 32.2. The van der Waals surface area contributed by atoms with E-state index in [1.54, 1.807) is 12.1 Å². The van der Waals surface area contributed by atoms with Crippen LogP contribution in [0.3, 0.4) is 0 Å². The quantitative estimate of drug-likeness (QED) is 0.588. The van der Waals surface area contributed by atoms with Crippen molar-refractivity contribution < 1.29 is 9.18 Å². The first-order valence-electron chi connectivity index (χ1n) is 9.64. The zero-order valence-corrected chi connectivity index (χ0v) is 16.4. The molecule has 1 aromatic heterocycles. The topological polar surface area (TPSA) is 46.1 Å². The molecule has 1 fully saturated rings. The lowest BCUT2D eigenvalue weighted by Gasteiger charge is -2.20. The number of aromatic nitrogens is 2. The second kappa shape index (κ2) is 8.69. The number of benzene rings is 2. The predicted molar refractivity (Wildman–Crippen MR) is 111 cm³/mol. The van der Waals surface area contributed by atoms with E-state index in [9.17, 15) is 9.18 Å². The number of hydrogen-bond donors (Lipinski definition) is 0. The molecule has 0 aliphatic carbocycles. The second-order valence-electron chi connectivity index (χ2n) is 6.99. The Kier molecular flexibility index (Phi) is 5.86. The Labute approximate surface area is 168 Å². The molecule has 2 aromatic carbocycles. The molecule has 4 rings (SSSR count). The Morgan fingerprint density at radius 2 is 1.61 bits per heavy atom. The van der Waals surface area contributed by atoms with Gasteiger partial charge in [-0.1, -0.05) is 48.9 Å². The maximum Gasteiger partial charge on any atom is 0.232 e. The van der Waals surface area contributed by atoms with Crippen LogP contribution in [0.5, 0.6) is 0 Å². The zero-order valence-electron chi connectivity index (χ0n) is 15.6. The fourth-order valence-corrected chi connectivity index (χ4v) is 4.42. The molecular formula is C22H22FN3OS. The molecule has 0 N–H and O–H groups in total. The summed E-state index contributed by atoms with van der Waals surface area (Å²) in [7, 11) is 0. The Morgan fingerprint density at radius 3 is 2.32 bits per heavy atom. The molecule has 0 bridgehead atoms. The molecule has 1 aliphatic rings. The molecular weight excluding hydrogens is 373 g/mol. The van der Waals surface area contributed by atoms with Gasteiger partial charge in [-0.05, 0) is 37.1 Å². The lowest BCUT2D eigenvalue weighted by molar-refractivity contribution is -0.128. The van der Waals surface area contributed by atoms with E-state index in [2.05, 4.69) is 10.2 Å². The van der Waals surface area contributed by atoms with Gasteiger partial charge in [0, 0.05) is 29.4 Å². The van der Waals surface area contributed by atoms with Crippen molar-refractivity contribution in [3.05, 3.63) is 54.3 Å². The summed E-state index contributed by atoms with van der Waals surface area (Å²) in [6.45, 7) is 1.71. The fourth-order valence-electron chi connectivity index (χ4n) is 3.55. The van der Waals surface area contributed by atoms with Gasteiger partial charge in [-0.25, -0.2) is 4.39 Å². The molecule has 0 radical (unpaired) electrons. The highest BCUT2D eigenvalue weighted by Crippen LogP contribution is 2.32. The molecule has 28 heavy (non-hydrogen) atoms. The van der Waals surface area contributed by atoms with Crippen LogP contribution in [-0.2, 0) is 4.79 Å². The zero-order chi connectivity index (χ0) is 19.3. The van der Waals surface area contributed by atoms with Gasteiger partial charge in [0.15, 0.2) is 0 Å². The van der Waals surface area contributed by atoms with E-state index >= 15 is 0 Å². The summed E-state index contributed by atoms with van der Waals surface area (Å²) in [4.78, 5) is 14.6. The lowest BCUT2D eigenvalue weighted by atomic mass is 10.1. The standard InChI is InChI=1S/C22H22FN3OS/c23-17-11-9-16(10-12-17)21-18-7-3-4-8-19(18)22(25-24-21)28-15-20(27)26-13-5-1-2-6-14-26/h3-4,7-12H,1-2,5-6,13-15H2. The maximum absolute atomic E-state index is 13.3. The monoisotopic (exact) mass is 395 g/mol. The van der Waals surface area contributed by atoms with Crippen LogP contribution in [0.2, 0.25) is 0 Å². The van der Waals surface area contributed by atoms with E-state index in [1.165, 1.54) is 36.7 Å². The highest BCUT2D eigenvalue weighted by Gasteiger charge is 2.17. The Morgan fingerprint density at radius 1 is 0.929 bits per heavy atom. The average molecular weight is 396 g/mol. The van der Waals surface area contributed by atoms with E-state index in [-0.39, 0.29) is 11.7 Å². The minimum Gasteiger partial charge on any atom is -0.342 e. The van der Waals surface area contributed by atoms with Crippen molar-refractivity contribution in [1.82, 2.24) is 15.1 Å². The van der Waals surface area contributed by atoms with Crippen molar-refractivity contribution in [1.29, 1.82) is 0 Å². The van der Waals surface area contributed by atoms with E-state index in [4.69, 9.17) is 0 Å². The molecule has 0 spiro atoms. The number of fused-ring (bicyclic) bond motifs is 1. The van der Waals surface area contributed by atoms with Gasteiger partial charge in [-0.3, -0.25) is 4.79 Å². The van der Waals surface area contributed by atoms with Gasteiger partial charge in [-0.2, -0.15) is 0 Å². The Bertz CT molecular complexity index is 969. The number of amides is 1. The normalized spacial score (nSPS) is 14.8. The van der Waals surface area contributed by atoms with E-state index < -0.39 is 0 Å². The van der Waals surface area contributed by atoms with Crippen LogP contribution in [0.1, 0.15) is 25.7 Å². The summed E-state index contributed by atoms with van der Waals surface area (Å²) in [5.41, 5.74) is 1.54. The summed E-state index contributed by atoms with van der Waals surface area (Å²) in [5, 5.41) is 11.5. The van der Waals surface area contributed by atoms with Crippen LogP contribution in [0.25, 0.3) is 22.0 Å². The van der Waals surface area contributed by atoms with E-state index in [0.717, 1.165) is 53.0 Å². The van der Waals surface area contributed by atoms with Crippen molar-refractivity contribution in [3.8, 4) is 11.3 Å². The Hall–Kier alpha value is -2.47. The maximum atomic E-state index is 13.3. The third-order valence-electron chi connectivity index (χ3n) is 5.06. The van der Waals surface area contributed by atoms with Crippen LogP contribution in [0.15, 0.2) is 53.6 Å². The van der Waals surface area contributed by atoms with Crippen molar-refractivity contribution in [2.75, 3.05) is 18.8 Å². The summed E-state index contributed by atoms with van der Waals surface area (Å²) in [5.74, 6) is 0.259. The third-order valence-corrected chi connectivity index (χ3v) is 6.03. The SMILES string of the molecule is O=C(CSc1nnc(-c2ccc(F)cc2)c2ccccc12)N1CCCCCC1. The molecule has 4 nitrogen and oxygen atoms in total. The summed E-state index contributed by atoms with van der Waals surface area (Å²) in [6.07, 6.45) is 4.59. The number of halogens is 1. The van der Waals surface area contributed by atoms with Crippen molar-refractivity contribution >= 4 is 28.4 Å². The predicted octanol–water partition coefficient (Wildman–Crippen LogP) is 4.93. The first-order valence-corrected chi connectivity index (χ1v) is 10.6. The molecule has 0 saturated carbocycles. The molecule has 6 heteroatoms. The van der Waals surface area contributed by atoms with E-state index in [0.29, 0.717) is 5.75 Å². The van der Waals surface area contributed by atoms with E-state index in [1.807, 2.05) is 29.2 Å². The highest BCUT2D eigenvalue weighted by molar-refractivity contribution is 8.00.